The van der Waals surface area contributed by atoms with Crippen LogP contribution in [0, 0.1) is 6.92 Å². The number of carbonyl (C=O) groups excluding carboxylic acids is 1. The molecule has 1 heterocycles. The van der Waals surface area contributed by atoms with Crippen LogP contribution in [0.1, 0.15) is 29.0 Å². The lowest BCUT2D eigenvalue weighted by Gasteiger charge is -2.33. The molecule has 1 aliphatic rings. The maximum absolute atomic E-state index is 12.5. The summed E-state index contributed by atoms with van der Waals surface area (Å²) in [4.78, 5) is 12.5. The molecule has 2 aromatic rings. The number of piperidine rings is 1. The predicted octanol–water partition coefficient (Wildman–Crippen LogP) is 2.80. The molecule has 23 heavy (non-hydrogen) atoms. The maximum atomic E-state index is 12.5. The van der Waals surface area contributed by atoms with Gasteiger partial charge in [0.1, 0.15) is 0 Å². The summed E-state index contributed by atoms with van der Waals surface area (Å²) < 4.78 is 0. The summed E-state index contributed by atoms with van der Waals surface area (Å²) in [6, 6.07) is 18.8. The first-order chi connectivity index (χ1) is 11.2. The first-order valence-electron chi connectivity index (χ1n) is 8.33. The highest BCUT2D eigenvalue weighted by Gasteiger charge is 2.27. The van der Waals surface area contributed by atoms with Crippen LogP contribution in [0.2, 0.25) is 0 Å². The van der Waals surface area contributed by atoms with Gasteiger partial charge in [0.2, 0.25) is 5.91 Å². The SMILES string of the molecule is Cc1ccccc1CC(=O)NC1CCNCC1c1ccccc1. The molecule has 3 nitrogen and oxygen atoms in total. The monoisotopic (exact) mass is 308 g/mol. The molecule has 1 aliphatic heterocycles. The zero-order valence-electron chi connectivity index (χ0n) is 13.6. The summed E-state index contributed by atoms with van der Waals surface area (Å²) >= 11 is 0. The zero-order chi connectivity index (χ0) is 16.1. The molecule has 0 radical (unpaired) electrons. The van der Waals surface area contributed by atoms with Gasteiger partial charge in [0.15, 0.2) is 0 Å². The highest BCUT2D eigenvalue weighted by atomic mass is 16.1. The molecule has 3 rings (SSSR count). The molecule has 2 N–H and O–H groups in total. The van der Waals surface area contributed by atoms with Crippen molar-refractivity contribution in [3.8, 4) is 0 Å². The Kier molecular flexibility index (Phi) is 5.09. The Balaban J connectivity index is 1.67. The van der Waals surface area contributed by atoms with E-state index < -0.39 is 0 Å². The third-order valence-electron chi connectivity index (χ3n) is 4.67. The predicted molar refractivity (Wildman–Crippen MR) is 93.5 cm³/mol. The average molecular weight is 308 g/mol. The average Bonchev–Trinajstić information content (AvgIpc) is 2.58. The van der Waals surface area contributed by atoms with Crippen LogP contribution in [-0.4, -0.2) is 25.0 Å². The first kappa shape index (κ1) is 15.8. The van der Waals surface area contributed by atoms with Crippen molar-refractivity contribution in [1.29, 1.82) is 0 Å². The second-order valence-electron chi connectivity index (χ2n) is 6.29. The smallest absolute Gasteiger partial charge is 0.224 e. The number of hydrogen-bond acceptors (Lipinski definition) is 2. The summed E-state index contributed by atoms with van der Waals surface area (Å²) in [5.41, 5.74) is 3.57. The third-order valence-corrected chi connectivity index (χ3v) is 4.67. The number of aryl methyl sites for hydroxylation is 1. The number of hydrogen-bond donors (Lipinski definition) is 2. The van der Waals surface area contributed by atoms with Gasteiger partial charge in [0.25, 0.3) is 0 Å². The van der Waals surface area contributed by atoms with Crippen molar-refractivity contribution in [3.63, 3.8) is 0 Å². The summed E-state index contributed by atoms with van der Waals surface area (Å²) in [5.74, 6) is 0.456. The minimum absolute atomic E-state index is 0.118. The van der Waals surface area contributed by atoms with Crippen LogP contribution in [0.25, 0.3) is 0 Å². The maximum Gasteiger partial charge on any atom is 0.224 e. The van der Waals surface area contributed by atoms with Crippen LogP contribution in [0.4, 0.5) is 0 Å². The van der Waals surface area contributed by atoms with Gasteiger partial charge in [0, 0.05) is 18.5 Å². The molecule has 0 bridgehead atoms. The molecule has 1 fully saturated rings. The van der Waals surface area contributed by atoms with Gasteiger partial charge in [-0.3, -0.25) is 4.79 Å². The Labute approximate surface area is 138 Å². The van der Waals surface area contributed by atoms with E-state index >= 15 is 0 Å². The summed E-state index contributed by atoms with van der Waals surface area (Å²) in [7, 11) is 0. The van der Waals surface area contributed by atoms with Crippen molar-refractivity contribution in [2.75, 3.05) is 13.1 Å². The molecular weight excluding hydrogens is 284 g/mol. The fourth-order valence-electron chi connectivity index (χ4n) is 3.32. The summed E-state index contributed by atoms with van der Waals surface area (Å²) in [5, 5.41) is 6.71. The molecule has 120 valence electrons. The van der Waals surface area contributed by atoms with Gasteiger partial charge >= 0.3 is 0 Å². The standard InChI is InChI=1S/C20H24N2O/c1-15-7-5-6-10-17(15)13-20(23)22-19-11-12-21-14-18(19)16-8-3-2-4-9-16/h2-10,18-19,21H,11-14H2,1H3,(H,22,23). The fraction of sp³-hybridized carbons (Fsp3) is 0.350. The van der Waals surface area contributed by atoms with E-state index in [0.29, 0.717) is 12.3 Å². The van der Waals surface area contributed by atoms with Crippen molar-refractivity contribution >= 4 is 5.91 Å². The van der Waals surface area contributed by atoms with Crippen molar-refractivity contribution in [2.24, 2.45) is 0 Å². The zero-order valence-corrected chi connectivity index (χ0v) is 13.6. The first-order valence-corrected chi connectivity index (χ1v) is 8.33. The van der Waals surface area contributed by atoms with Crippen LogP contribution in [0.3, 0.4) is 0 Å². The number of amides is 1. The number of benzene rings is 2. The molecule has 0 aromatic heterocycles. The molecule has 2 atom stereocenters. The van der Waals surface area contributed by atoms with Gasteiger partial charge in [-0.05, 0) is 36.6 Å². The van der Waals surface area contributed by atoms with E-state index in [1.54, 1.807) is 0 Å². The van der Waals surface area contributed by atoms with E-state index in [1.807, 2.05) is 24.3 Å². The lowest BCUT2D eigenvalue weighted by molar-refractivity contribution is -0.121. The van der Waals surface area contributed by atoms with Crippen molar-refractivity contribution < 1.29 is 4.79 Å². The molecule has 3 heteroatoms. The minimum atomic E-state index is 0.118. The molecule has 0 aliphatic carbocycles. The van der Waals surface area contributed by atoms with E-state index in [2.05, 4.69) is 47.9 Å². The van der Waals surface area contributed by atoms with Gasteiger partial charge in [-0.1, -0.05) is 54.6 Å². The molecule has 0 saturated carbocycles. The Hall–Kier alpha value is -2.13. The molecule has 0 spiro atoms. The van der Waals surface area contributed by atoms with Crippen LogP contribution >= 0.6 is 0 Å². The van der Waals surface area contributed by atoms with E-state index in [4.69, 9.17) is 0 Å². The van der Waals surface area contributed by atoms with Crippen LogP contribution in [0.15, 0.2) is 54.6 Å². The van der Waals surface area contributed by atoms with Gasteiger partial charge in [-0.15, -0.1) is 0 Å². The van der Waals surface area contributed by atoms with Gasteiger partial charge in [-0.25, -0.2) is 0 Å². The van der Waals surface area contributed by atoms with E-state index in [0.717, 1.165) is 25.1 Å². The molecule has 2 aromatic carbocycles. The highest BCUT2D eigenvalue weighted by Crippen LogP contribution is 2.23. The van der Waals surface area contributed by atoms with Crippen LogP contribution in [-0.2, 0) is 11.2 Å². The quantitative estimate of drug-likeness (QED) is 0.912. The second kappa shape index (κ2) is 7.42. The van der Waals surface area contributed by atoms with Crippen molar-refractivity contribution in [3.05, 3.63) is 71.3 Å². The summed E-state index contributed by atoms with van der Waals surface area (Å²) in [6.45, 7) is 3.93. The normalized spacial score (nSPS) is 20.9. The number of nitrogens with one attached hydrogen (secondary N) is 2. The molecule has 2 unspecified atom stereocenters. The second-order valence-corrected chi connectivity index (χ2v) is 6.29. The van der Waals surface area contributed by atoms with Gasteiger partial charge in [0.05, 0.1) is 6.42 Å². The molecule has 1 amide bonds. The summed E-state index contributed by atoms with van der Waals surface area (Å²) in [6.07, 6.45) is 1.43. The van der Waals surface area contributed by atoms with Crippen LogP contribution < -0.4 is 10.6 Å². The van der Waals surface area contributed by atoms with Crippen LogP contribution in [0.5, 0.6) is 0 Å². The topological polar surface area (TPSA) is 41.1 Å². The molecule has 1 saturated heterocycles. The molecular formula is C20H24N2O. The Morgan fingerprint density at radius 2 is 1.87 bits per heavy atom. The van der Waals surface area contributed by atoms with Gasteiger partial charge < -0.3 is 10.6 Å². The Bertz CT molecular complexity index is 654. The van der Waals surface area contributed by atoms with E-state index in [-0.39, 0.29) is 11.9 Å². The van der Waals surface area contributed by atoms with Crippen molar-refractivity contribution in [2.45, 2.75) is 31.7 Å². The largest absolute Gasteiger partial charge is 0.352 e. The van der Waals surface area contributed by atoms with E-state index in [9.17, 15) is 4.79 Å². The fourth-order valence-corrected chi connectivity index (χ4v) is 3.32. The van der Waals surface area contributed by atoms with Gasteiger partial charge in [-0.2, -0.15) is 0 Å². The Morgan fingerprint density at radius 1 is 1.13 bits per heavy atom. The highest BCUT2D eigenvalue weighted by molar-refractivity contribution is 5.79. The lowest BCUT2D eigenvalue weighted by Crippen LogP contribution is -2.48. The lowest BCUT2D eigenvalue weighted by atomic mass is 9.86. The third kappa shape index (κ3) is 3.99. The van der Waals surface area contributed by atoms with E-state index in [1.165, 1.54) is 11.1 Å². The number of rotatable bonds is 4. The minimum Gasteiger partial charge on any atom is -0.352 e. The number of carbonyl (C=O) groups is 1. The van der Waals surface area contributed by atoms with Crippen molar-refractivity contribution in [1.82, 2.24) is 10.6 Å². The Morgan fingerprint density at radius 3 is 2.65 bits per heavy atom.